The van der Waals surface area contributed by atoms with Gasteiger partial charge in [0.05, 0.1) is 0 Å². The molecule has 0 fully saturated rings. The zero-order valence-corrected chi connectivity index (χ0v) is 8.62. The first-order valence-electron chi connectivity index (χ1n) is 2.64. The quantitative estimate of drug-likeness (QED) is 0.456. The Morgan fingerprint density at radius 1 is 1.18 bits per heavy atom. The fourth-order valence-electron chi connectivity index (χ4n) is 0.570. The molecular formula is C7H4F3Zn-. The van der Waals surface area contributed by atoms with Crippen molar-refractivity contribution in [1.82, 2.24) is 0 Å². The minimum Gasteiger partial charge on any atom is -0.176 e. The van der Waals surface area contributed by atoms with Crippen LogP contribution in [-0.4, -0.2) is 0 Å². The van der Waals surface area contributed by atoms with Crippen molar-refractivity contribution in [1.29, 1.82) is 0 Å². The topological polar surface area (TPSA) is 0 Å². The van der Waals surface area contributed by atoms with Crippen molar-refractivity contribution in [3.05, 3.63) is 35.9 Å². The molecule has 0 aromatic heterocycles. The number of rotatable bonds is 0. The second-order valence-corrected chi connectivity index (χ2v) is 1.77. The van der Waals surface area contributed by atoms with E-state index < -0.39 is 11.7 Å². The first-order chi connectivity index (χ1) is 4.61. The second kappa shape index (κ2) is 3.86. The van der Waals surface area contributed by atoms with Gasteiger partial charge in [0, 0.05) is 19.5 Å². The normalized spacial score (nSPS) is 10.5. The van der Waals surface area contributed by atoms with Crippen LogP contribution in [0.15, 0.2) is 24.3 Å². The van der Waals surface area contributed by atoms with Crippen molar-refractivity contribution in [2.24, 2.45) is 0 Å². The van der Waals surface area contributed by atoms with Gasteiger partial charge in [-0.05, 0) is 0 Å². The third kappa shape index (κ3) is 3.02. The van der Waals surface area contributed by atoms with Crippen LogP contribution in [-0.2, 0) is 25.7 Å². The van der Waals surface area contributed by atoms with E-state index in [4.69, 9.17) is 0 Å². The number of halogens is 3. The Morgan fingerprint density at radius 2 is 1.82 bits per heavy atom. The van der Waals surface area contributed by atoms with E-state index in [-0.39, 0.29) is 19.5 Å². The predicted octanol–water partition coefficient (Wildman–Crippen LogP) is 2.50. The Balaban J connectivity index is 0.000001000. The van der Waals surface area contributed by atoms with Gasteiger partial charge in [0.25, 0.3) is 0 Å². The third-order valence-electron chi connectivity index (χ3n) is 1.01. The first kappa shape index (κ1) is 10.6. The van der Waals surface area contributed by atoms with E-state index in [1.54, 1.807) is 0 Å². The Labute approximate surface area is 75.2 Å². The average Bonchev–Trinajstić information content (AvgIpc) is 1.88. The molecule has 1 aromatic rings. The Bertz CT molecular complexity index is 205. The van der Waals surface area contributed by atoms with Crippen molar-refractivity contribution >= 4 is 0 Å². The molecule has 11 heavy (non-hydrogen) atoms. The molecule has 0 unspecified atom stereocenters. The first-order valence-corrected chi connectivity index (χ1v) is 2.64. The Kier molecular flexibility index (Phi) is 3.73. The zero-order valence-electron chi connectivity index (χ0n) is 5.65. The number of benzene rings is 1. The summed E-state index contributed by atoms with van der Waals surface area (Å²) in [4.78, 5) is 0. The summed E-state index contributed by atoms with van der Waals surface area (Å²) >= 11 is 0. The molecule has 56 valence electrons. The van der Waals surface area contributed by atoms with Crippen LogP contribution in [0.1, 0.15) is 5.56 Å². The molecule has 0 nitrogen and oxygen atoms in total. The van der Waals surface area contributed by atoms with Crippen LogP contribution in [0.5, 0.6) is 0 Å². The van der Waals surface area contributed by atoms with Crippen LogP contribution in [0.2, 0.25) is 0 Å². The summed E-state index contributed by atoms with van der Waals surface area (Å²) < 4.78 is 35.3. The van der Waals surface area contributed by atoms with Crippen molar-refractivity contribution in [2.75, 3.05) is 0 Å². The van der Waals surface area contributed by atoms with E-state index in [9.17, 15) is 13.2 Å². The summed E-state index contributed by atoms with van der Waals surface area (Å²) in [5.74, 6) is 0. The summed E-state index contributed by atoms with van der Waals surface area (Å²) in [5.41, 5.74) is -0.727. The molecule has 0 saturated heterocycles. The molecule has 0 amide bonds. The maximum Gasteiger partial charge on any atom is 0.394 e. The van der Waals surface area contributed by atoms with Crippen LogP contribution < -0.4 is 0 Å². The van der Waals surface area contributed by atoms with Crippen LogP contribution in [0.25, 0.3) is 0 Å². The molecule has 0 bridgehead atoms. The van der Waals surface area contributed by atoms with Crippen LogP contribution in [0.4, 0.5) is 13.2 Å². The predicted molar refractivity (Wildman–Crippen MR) is 30.3 cm³/mol. The standard InChI is InChI=1S/C7H4F3.Zn/c8-7(9,10)6-4-2-1-3-5-6;/h1-4H;/q-1;. The van der Waals surface area contributed by atoms with E-state index in [2.05, 4.69) is 6.07 Å². The SMILES string of the molecule is FC(F)(F)c1[c-]cccc1.[Zn]. The molecule has 1 aromatic carbocycles. The molecule has 0 spiro atoms. The third-order valence-corrected chi connectivity index (χ3v) is 1.01. The Morgan fingerprint density at radius 3 is 2.09 bits per heavy atom. The van der Waals surface area contributed by atoms with E-state index in [0.717, 1.165) is 6.07 Å². The fourth-order valence-corrected chi connectivity index (χ4v) is 0.570. The van der Waals surface area contributed by atoms with Crippen molar-refractivity contribution in [2.45, 2.75) is 6.18 Å². The monoisotopic (exact) mass is 209 g/mol. The van der Waals surface area contributed by atoms with Crippen LogP contribution >= 0.6 is 0 Å². The van der Waals surface area contributed by atoms with E-state index in [1.807, 2.05) is 0 Å². The van der Waals surface area contributed by atoms with E-state index in [0.29, 0.717) is 0 Å². The van der Waals surface area contributed by atoms with Crippen molar-refractivity contribution in [3.63, 3.8) is 0 Å². The van der Waals surface area contributed by atoms with Gasteiger partial charge in [-0.25, -0.2) is 0 Å². The zero-order chi connectivity index (χ0) is 7.61. The van der Waals surface area contributed by atoms with Gasteiger partial charge < -0.3 is 0 Å². The molecule has 1 rings (SSSR count). The number of alkyl halides is 3. The van der Waals surface area contributed by atoms with Gasteiger partial charge in [-0.2, -0.15) is 43.5 Å². The molecule has 0 atom stereocenters. The fraction of sp³-hybridized carbons (Fsp3) is 0.143. The number of hydrogen-bond acceptors (Lipinski definition) is 0. The molecule has 0 heterocycles. The second-order valence-electron chi connectivity index (χ2n) is 1.77. The summed E-state index contributed by atoms with van der Waals surface area (Å²) in [6, 6.07) is 7.14. The molecule has 4 heteroatoms. The molecule has 0 radical (unpaired) electrons. The minimum atomic E-state index is -4.26. The molecule has 0 aliphatic heterocycles. The molecule has 0 aliphatic rings. The summed E-state index contributed by atoms with van der Waals surface area (Å²) in [5, 5.41) is 0. The van der Waals surface area contributed by atoms with Gasteiger partial charge in [0.2, 0.25) is 0 Å². The minimum absolute atomic E-state index is 0. The van der Waals surface area contributed by atoms with Gasteiger partial charge in [-0.15, -0.1) is 0 Å². The van der Waals surface area contributed by atoms with Gasteiger partial charge >= 0.3 is 6.18 Å². The van der Waals surface area contributed by atoms with Crippen LogP contribution in [0.3, 0.4) is 0 Å². The van der Waals surface area contributed by atoms with E-state index >= 15 is 0 Å². The maximum absolute atomic E-state index is 11.8. The van der Waals surface area contributed by atoms with Gasteiger partial charge in [-0.1, -0.05) is 5.56 Å². The van der Waals surface area contributed by atoms with Crippen molar-refractivity contribution in [3.8, 4) is 0 Å². The summed E-state index contributed by atoms with van der Waals surface area (Å²) in [6.45, 7) is 0. The number of hydrogen-bond donors (Lipinski definition) is 0. The summed E-state index contributed by atoms with van der Waals surface area (Å²) in [6.07, 6.45) is -4.26. The smallest absolute Gasteiger partial charge is 0.176 e. The molecule has 0 N–H and O–H groups in total. The van der Waals surface area contributed by atoms with Crippen molar-refractivity contribution < 1.29 is 32.6 Å². The average molecular weight is 210 g/mol. The van der Waals surface area contributed by atoms with Crippen LogP contribution in [0, 0.1) is 6.07 Å². The van der Waals surface area contributed by atoms with Gasteiger partial charge in [0.15, 0.2) is 0 Å². The Hall–Kier alpha value is -0.367. The largest absolute Gasteiger partial charge is 0.394 e. The van der Waals surface area contributed by atoms with Gasteiger partial charge in [-0.3, -0.25) is 0 Å². The summed E-state index contributed by atoms with van der Waals surface area (Å²) in [7, 11) is 0. The van der Waals surface area contributed by atoms with E-state index in [1.165, 1.54) is 18.2 Å². The van der Waals surface area contributed by atoms with Gasteiger partial charge in [0.1, 0.15) is 0 Å². The molecule has 0 aliphatic carbocycles. The molecule has 0 saturated carbocycles. The maximum atomic E-state index is 11.8. The molecular weight excluding hydrogens is 206 g/mol.